The zero-order valence-electron chi connectivity index (χ0n) is 32.6. The van der Waals surface area contributed by atoms with E-state index in [2.05, 4.69) is 60.0 Å². The molecular weight excluding hydrogens is 695 g/mol. The minimum Gasteiger partial charge on any atom is -0.390 e. The van der Waals surface area contributed by atoms with Crippen LogP contribution in [0.25, 0.3) is 17.0 Å². The number of para-hydroxylation sites is 2. The number of fused-ring (bicyclic) bond motifs is 1. The number of hydrogen-bond donors (Lipinski definition) is 7. The van der Waals surface area contributed by atoms with Gasteiger partial charge in [0.25, 0.3) is 5.91 Å². The van der Waals surface area contributed by atoms with Crippen LogP contribution in [0.4, 0.5) is 5.69 Å². The molecule has 9 atom stereocenters. The van der Waals surface area contributed by atoms with E-state index in [0.717, 1.165) is 34.0 Å². The lowest BCUT2D eigenvalue weighted by Gasteiger charge is -2.45. The Labute approximate surface area is 323 Å². The third-order valence-corrected chi connectivity index (χ3v) is 11.9. The second kappa shape index (κ2) is 16.4. The number of ketones is 1. The van der Waals surface area contributed by atoms with E-state index >= 15 is 4.79 Å². The van der Waals surface area contributed by atoms with Crippen LogP contribution >= 0.6 is 0 Å². The van der Waals surface area contributed by atoms with Crippen LogP contribution in [0.2, 0.25) is 0 Å². The van der Waals surface area contributed by atoms with Crippen molar-refractivity contribution in [3.8, 4) is 0 Å². The van der Waals surface area contributed by atoms with Gasteiger partial charge in [0.15, 0.2) is 5.78 Å². The number of allylic oxidation sites excluding steroid dienone is 4. The lowest BCUT2D eigenvalue weighted by Crippen LogP contribution is -2.54. The summed E-state index contributed by atoms with van der Waals surface area (Å²) in [6.45, 7) is 11.9. The highest BCUT2D eigenvalue weighted by molar-refractivity contribution is 6.10. The number of carbonyl (C=O) groups is 4. The van der Waals surface area contributed by atoms with Crippen LogP contribution in [-0.2, 0) is 14.4 Å². The predicted molar refractivity (Wildman–Crippen MR) is 215 cm³/mol. The molecule has 3 amide bonds. The van der Waals surface area contributed by atoms with Gasteiger partial charge in [-0.15, -0.1) is 0 Å². The van der Waals surface area contributed by atoms with Crippen molar-refractivity contribution >= 4 is 46.2 Å². The van der Waals surface area contributed by atoms with Crippen LogP contribution in [0.1, 0.15) is 83.1 Å². The van der Waals surface area contributed by atoms with Crippen molar-refractivity contribution in [1.29, 1.82) is 0 Å². The zero-order chi connectivity index (χ0) is 39.6. The SMILES string of the molecule is CC1=C[C@H]2C=C(C)[C@@H](C)[C@H]3[C@H](CC(C)C)NC(=O)[C@@]23C(=O)CC(Nc2ccccc2C(=O)N[C@H](C)C(=O)N/C=C/c2c[nH]c3ccccc23)C(O)C(O)CC1. The lowest BCUT2D eigenvalue weighted by molar-refractivity contribution is -0.146. The van der Waals surface area contributed by atoms with Crippen molar-refractivity contribution < 1.29 is 29.4 Å². The second-order valence-corrected chi connectivity index (χ2v) is 16.2. The number of carbonyl (C=O) groups excluding carboxylic acids is 4. The van der Waals surface area contributed by atoms with E-state index in [1.165, 1.54) is 6.20 Å². The first kappa shape index (κ1) is 39.7. The van der Waals surface area contributed by atoms with E-state index in [0.29, 0.717) is 12.1 Å². The van der Waals surface area contributed by atoms with Crippen LogP contribution in [0.15, 0.2) is 84.2 Å². The highest BCUT2D eigenvalue weighted by atomic mass is 16.3. The monoisotopic (exact) mass is 749 g/mol. The maximum Gasteiger partial charge on any atom is 0.254 e. The summed E-state index contributed by atoms with van der Waals surface area (Å²) in [5, 5.41) is 35.9. The van der Waals surface area contributed by atoms with Crippen LogP contribution in [0.3, 0.4) is 0 Å². The number of aromatic nitrogens is 1. The molecule has 3 aromatic rings. The number of anilines is 1. The molecule has 0 radical (unpaired) electrons. The molecule has 1 fully saturated rings. The number of H-pyrrole nitrogens is 1. The molecule has 1 aliphatic heterocycles. The smallest absolute Gasteiger partial charge is 0.254 e. The van der Waals surface area contributed by atoms with E-state index in [4.69, 9.17) is 0 Å². The Balaban J connectivity index is 1.24. The quantitative estimate of drug-likeness (QED) is 0.110. The van der Waals surface area contributed by atoms with Crippen LogP contribution in [0, 0.1) is 29.1 Å². The summed E-state index contributed by atoms with van der Waals surface area (Å²) >= 11 is 0. The summed E-state index contributed by atoms with van der Waals surface area (Å²) < 4.78 is 0. The first-order chi connectivity index (χ1) is 26.2. The number of Topliss-reactive ketones (excluding diaryl/α,β-unsaturated/α-hetero) is 1. The second-order valence-electron chi connectivity index (χ2n) is 16.2. The maximum absolute atomic E-state index is 15.0. The predicted octanol–water partition coefficient (Wildman–Crippen LogP) is 5.63. The van der Waals surface area contributed by atoms with Crippen molar-refractivity contribution in [3.05, 3.63) is 95.4 Å². The summed E-state index contributed by atoms with van der Waals surface area (Å²) in [4.78, 5) is 59.3. The van der Waals surface area contributed by atoms with Crippen LogP contribution in [-0.4, -0.2) is 69.0 Å². The highest BCUT2D eigenvalue weighted by Gasteiger charge is 2.65. The normalized spacial score (nSPS) is 29.1. The standard InChI is InChI=1S/C44H55N5O6/c1-24(2)19-35-39-27(5)26(4)21-30-20-25(3)15-16-37(50)40(52)36(22-38(51)44(30,39)43(55)49-35)48-34-14-10-8-12-32(34)42(54)47-28(6)41(53)45-18-17-29-23-46-33-13-9-7-11-31(29)33/h7-14,17-18,20-21,23-24,27-28,30,35-37,39-40,46,48,50,52H,15-16,19,22H2,1-6H3,(H,45,53)(H,47,54)(H,49,55)/b18-17+,25-20?/t27-,28-,30+,35+,36?,37?,39+,40?,44-/m1/s1. The number of aromatic amines is 1. The number of amides is 3. The molecule has 0 saturated carbocycles. The van der Waals surface area contributed by atoms with E-state index in [1.807, 2.05) is 43.5 Å². The molecule has 55 heavy (non-hydrogen) atoms. The van der Waals surface area contributed by atoms with Gasteiger partial charge >= 0.3 is 0 Å². The Kier molecular flexibility index (Phi) is 11.8. The molecule has 3 aliphatic rings. The molecule has 1 aromatic heterocycles. The Morgan fingerprint density at radius 1 is 1.02 bits per heavy atom. The van der Waals surface area contributed by atoms with Gasteiger partial charge in [0, 0.05) is 58.8 Å². The summed E-state index contributed by atoms with van der Waals surface area (Å²) in [6, 6.07) is 12.3. The molecule has 7 N–H and O–H groups in total. The van der Waals surface area contributed by atoms with Gasteiger partial charge in [0.2, 0.25) is 11.8 Å². The number of benzene rings is 2. The molecule has 292 valence electrons. The lowest BCUT2D eigenvalue weighted by atomic mass is 9.54. The third kappa shape index (κ3) is 7.91. The Morgan fingerprint density at radius 3 is 2.51 bits per heavy atom. The number of nitrogens with one attached hydrogen (secondary N) is 5. The molecule has 2 aliphatic carbocycles. The van der Waals surface area contributed by atoms with Crippen molar-refractivity contribution in [1.82, 2.24) is 20.9 Å². The minimum atomic E-state index is -1.41. The average molecular weight is 750 g/mol. The molecule has 1 spiro atoms. The Hall–Kier alpha value is -5.00. The molecule has 6 rings (SSSR count). The van der Waals surface area contributed by atoms with Crippen molar-refractivity contribution in [2.24, 2.45) is 29.1 Å². The van der Waals surface area contributed by atoms with Gasteiger partial charge in [-0.25, -0.2) is 0 Å². The van der Waals surface area contributed by atoms with Gasteiger partial charge < -0.3 is 36.5 Å². The van der Waals surface area contributed by atoms with Crippen LogP contribution in [0.5, 0.6) is 0 Å². The van der Waals surface area contributed by atoms with Gasteiger partial charge in [-0.3, -0.25) is 19.2 Å². The molecule has 11 nitrogen and oxygen atoms in total. The largest absolute Gasteiger partial charge is 0.390 e. The van der Waals surface area contributed by atoms with Crippen molar-refractivity contribution in [3.63, 3.8) is 0 Å². The number of hydrogen-bond acceptors (Lipinski definition) is 7. The average Bonchev–Trinajstić information content (AvgIpc) is 3.69. The van der Waals surface area contributed by atoms with E-state index in [1.54, 1.807) is 37.3 Å². The number of rotatable bonds is 9. The molecule has 1 saturated heterocycles. The topological polar surface area (TPSA) is 173 Å². The third-order valence-electron chi connectivity index (χ3n) is 11.9. The Morgan fingerprint density at radius 2 is 1.75 bits per heavy atom. The van der Waals surface area contributed by atoms with Gasteiger partial charge in [0.05, 0.1) is 17.7 Å². The maximum atomic E-state index is 15.0. The van der Waals surface area contributed by atoms with E-state index < -0.39 is 47.4 Å². The summed E-state index contributed by atoms with van der Waals surface area (Å²) in [7, 11) is 0. The highest BCUT2D eigenvalue weighted by Crippen LogP contribution is 2.55. The minimum absolute atomic E-state index is 0.0451. The van der Waals surface area contributed by atoms with Gasteiger partial charge in [0.1, 0.15) is 17.6 Å². The van der Waals surface area contributed by atoms with Gasteiger partial charge in [-0.2, -0.15) is 0 Å². The summed E-state index contributed by atoms with van der Waals surface area (Å²) in [6.07, 6.45) is 7.80. The molecular formula is C44H55N5O6. The fourth-order valence-electron chi connectivity index (χ4n) is 8.95. The molecule has 0 bridgehead atoms. The summed E-state index contributed by atoms with van der Waals surface area (Å²) in [5.74, 6) is -2.13. The van der Waals surface area contributed by atoms with E-state index in [9.17, 15) is 24.6 Å². The molecule has 2 aromatic carbocycles. The summed E-state index contributed by atoms with van der Waals surface area (Å²) in [5.41, 5.74) is 3.03. The van der Waals surface area contributed by atoms with Gasteiger partial charge in [-0.1, -0.05) is 74.4 Å². The first-order valence-corrected chi connectivity index (χ1v) is 19.5. The van der Waals surface area contributed by atoms with Crippen LogP contribution < -0.4 is 21.3 Å². The fraction of sp³-hybridized carbons (Fsp3) is 0.455. The number of aliphatic hydroxyl groups is 2. The Bertz CT molecular complexity index is 2030. The fourth-order valence-corrected chi connectivity index (χ4v) is 8.95. The van der Waals surface area contributed by atoms with Crippen molar-refractivity contribution in [2.45, 2.75) is 97.6 Å². The van der Waals surface area contributed by atoms with E-state index in [-0.39, 0.29) is 53.9 Å². The van der Waals surface area contributed by atoms with Crippen molar-refractivity contribution in [2.75, 3.05) is 5.32 Å². The molecule has 2 heterocycles. The molecule has 11 heteroatoms. The van der Waals surface area contributed by atoms with Gasteiger partial charge in [-0.05, 0) is 76.1 Å². The molecule has 3 unspecified atom stereocenters. The zero-order valence-corrected chi connectivity index (χ0v) is 32.6. The number of aliphatic hydroxyl groups excluding tert-OH is 2. The first-order valence-electron chi connectivity index (χ1n) is 19.5.